The number of aromatic nitrogens is 2. The van der Waals surface area contributed by atoms with Crippen LogP contribution >= 0.6 is 0 Å². The van der Waals surface area contributed by atoms with Gasteiger partial charge in [-0.3, -0.25) is 14.4 Å². The molecular weight excluding hydrogens is 280 g/mol. The summed E-state index contributed by atoms with van der Waals surface area (Å²) in [5, 5.41) is 4.22. The second kappa shape index (κ2) is 6.69. The van der Waals surface area contributed by atoms with E-state index < -0.39 is 5.60 Å². The van der Waals surface area contributed by atoms with Gasteiger partial charge in [-0.25, -0.2) is 0 Å². The Morgan fingerprint density at radius 3 is 2.41 bits per heavy atom. The van der Waals surface area contributed by atoms with Crippen LogP contribution in [-0.2, 0) is 16.6 Å². The van der Waals surface area contributed by atoms with Gasteiger partial charge in [0, 0.05) is 39.4 Å². The fourth-order valence-corrected chi connectivity index (χ4v) is 2.81. The first-order valence-electron chi connectivity index (χ1n) is 8.00. The third-order valence-corrected chi connectivity index (χ3v) is 3.88. The first-order chi connectivity index (χ1) is 10.3. The van der Waals surface area contributed by atoms with Crippen LogP contribution in [0.5, 0.6) is 0 Å². The molecule has 2 rings (SSSR count). The van der Waals surface area contributed by atoms with Gasteiger partial charge in [-0.05, 0) is 27.2 Å². The molecule has 1 unspecified atom stereocenters. The van der Waals surface area contributed by atoms with Crippen molar-refractivity contribution in [2.75, 3.05) is 31.1 Å². The van der Waals surface area contributed by atoms with Gasteiger partial charge in [0.2, 0.25) is 0 Å². The molecule has 124 valence electrons. The molecular formula is C16H28N4O2. The molecule has 6 heteroatoms. The zero-order valence-electron chi connectivity index (χ0n) is 14.4. The molecule has 1 aromatic heterocycles. The fraction of sp³-hybridized carbons (Fsp3) is 0.750. The number of hydrogen-bond acceptors (Lipinski definition) is 5. The number of anilines is 1. The molecule has 1 atom stereocenters. The number of nitrogens with zero attached hydrogens (tertiary/aromatic N) is 4. The number of esters is 1. The SMILES string of the molecule is CCC(C(=O)OC(C)(C)C)N1CCN(c2cnn(C)c2)CC1. The monoisotopic (exact) mass is 308 g/mol. The van der Waals surface area contributed by atoms with Crippen LogP contribution in [-0.4, -0.2) is 58.5 Å². The highest BCUT2D eigenvalue weighted by molar-refractivity contribution is 5.76. The highest BCUT2D eigenvalue weighted by Crippen LogP contribution is 2.19. The summed E-state index contributed by atoms with van der Waals surface area (Å²) in [6.45, 7) is 11.3. The summed E-state index contributed by atoms with van der Waals surface area (Å²) in [4.78, 5) is 16.9. The molecule has 1 fully saturated rings. The minimum Gasteiger partial charge on any atom is -0.459 e. The van der Waals surface area contributed by atoms with Crippen molar-refractivity contribution in [3.63, 3.8) is 0 Å². The second-order valence-electron chi connectivity index (χ2n) is 6.85. The summed E-state index contributed by atoms with van der Waals surface area (Å²) in [5.41, 5.74) is 0.717. The van der Waals surface area contributed by atoms with Crippen LogP contribution in [0.1, 0.15) is 34.1 Å². The summed E-state index contributed by atoms with van der Waals surface area (Å²) in [5.74, 6) is -0.107. The lowest BCUT2D eigenvalue weighted by Crippen LogP contribution is -2.53. The normalized spacial score (nSPS) is 18.3. The van der Waals surface area contributed by atoms with Gasteiger partial charge in [-0.15, -0.1) is 0 Å². The Kier molecular flexibility index (Phi) is 5.11. The van der Waals surface area contributed by atoms with Gasteiger partial charge < -0.3 is 9.64 Å². The first kappa shape index (κ1) is 16.8. The van der Waals surface area contributed by atoms with Crippen molar-refractivity contribution in [2.45, 2.75) is 45.8 Å². The molecule has 2 heterocycles. The van der Waals surface area contributed by atoms with Gasteiger partial charge in [0.25, 0.3) is 0 Å². The Morgan fingerprint density at radius 2 is 1.95 bits per heavy atom. The molecule has 0 radical (unpaired) electrons. The number of ether oxygens (including phenoxy) is 1. The van der Waals surface area contributed by atoms with Crippen molar-refractivity contribution < 1.29 is 9.53 Å². The molecule has 0 amide bonds. The molecule has 0 saturated carbocycles. The summed E-state index contributed by atoms with van der Waals surface area (Å²) in [7, 11) is 1.93. The highest BCUT2D eigenvalue weighted by Gasteiger charge is 2.31. The second-order valence-corrected chi connectivity index (χ2v) is 6.85. The van der Waals surface area contributed by atoms with E-state index in [0.717, 1.165) is 38.3 Å². The van der Waals surface area contributed by atoms with Gasteiger partial charge in [0.1, 0.15) is 11.6 Å². The van der Waals surface area contributed by atoms with E-state index >= 15 is 0 Å². The van der Waals surface area contributed by atoms with Gasteiger partial charge >= 0.3 is 5.97 Å². The number of carbonyl (C=O) groups excluding carboxylic acids is 1. The summed E-state index contributed by atoms with van der Waals surface area (Å²) in [6.07, 6.45) is 4.70. The van der Waals surface area contributed by atoms with Crippen LogP contribution in [0.2, 0.25) is 0 Å². The van der Waals surface area contributed by atoms with Crippen LogP contribution in [0, 0.1) is 0 Å². The maximum absolute atomic E-state index is 12.4. The Labute approximate surface area is 133 Å². The third-order valence-electron chi connectivity index (χ3n) is 3.88. The predicted molar refractivity (Wildman–Crippen MR) is 86.9 cm³/mol. The first-order valence-corrected chi connectivity index (χ1v) is 8.00. The number of carbonyl (C=O) groups is 1. The molecule has 0 aromatic carbocycles. The molecule has 6 nitrogen and oxygen atoms in total. The molecule has 0 N–H and O–H groups in total. The number of hydrogen-bond donors (Lipinski definition) is 0. The van der Waals surface area contributed by atoms with E-state index in [1.165, 1.54) is 0 Å². The van der Waals surface area contributed by atoms with Crippen LogP contribution < -0.4 is 4.90 Å². The molecule has 1 aliphatic rings. The summed E-state index contributed by atoms with van der Waals surface area (Å²) < 4.78 is 7.37. The van der Waals surface area contributed by atoms with E-state index in [2.05, 4.69) is 14.9 Å². The van der Waals surface area contributed by atoms with Gasteiger partial charge in [-0.1, -0.05) is 6.92 Å². The molecule has 1 aliphatic heterocycles. The predicted octanol–water partition coefficient (Wildman–Crippen LogP) is 1.66. The molecule has 0 bridgehead atoms. The van der Waals surface area contributed by atoms with Gasteiger partial charge in [-0.2, -0.15) is 5.10 Å². The van der Waals surface area contributed by atoms with Crippen molar-refractivity contribution in [1.29, 1.82) is 0 Å². The lowest BCUT2D eigenvalue weighted by Gasteiger charge is -2.39. The minimum atomic E-state index is -0.429. The average Bonchev–Trinajstić information content (AvgIpc) is 2.85. The molecule has 0 aliphatic carbocycles. The van der Waals surface area contributed by atoms with Crippen LogP contribution in [0.3, 0.4) is 0 Å². The largest absolute Gasteiger partial charge is 0.459 e. The van der Waals surface area contributed by atoms with Crippen LogP contribution in [0.15, 0.2) is 12.4 Å². The maximum atomic E-state index is 12.4. The van der Waals surface area contributed by atoms with E-state index in [0.29, 0.717) is 0 Å². The van der Waals surface area contributed by atoms with Gasteiger partial charge in [0.05, 0.1) is 11.9 Å². The van der Waals surface area contributed by atoms with Crippen molar-refractivity contribution in [3.8, 4) is 0 Å². The quantitative estimate of drug-likeness (QED) is 0.792. The number of aryl methyl sites for hydroxylation is 1. The molecule has 0 spiro atoms. The van der Waals surface area contributed by atoms with Gasteiger partial charge in [0.15, 0.2) is 0 Å². The number of rotatable bonds is 4. The molecule has 1 saturated heterocycles. The van der Waals surface area contributed by atoms with E-state index in [1.54, 1.807) is 0 Å². The minimum absolute atomic E-state index is 0.107. The van der Waals surface area contributed by atoms with Crippen molar-refractivity contribution in [1.82, 2.24) is 14.7 Å². The zero-order valence-corrected chi connectivity index (χ0v) is 14.4. The smallest absolute Gasteiger partial charge is 0.323 e. The standard InChI is InChI=1S/C16H28N4O2/c1-6-14(15(21)22-16(2,3)4)20-9-7-19(8-10-20)13-11-17-18(5)12-13/h11-12,14H,6-10H2,1-5H3. The lowest BCUT2D eigenvalue weighted by atomic mass is 10.1. The molecule has 1 aromatic rings. The van der Waals surface area contributed by atoms with Crippen molar-refractivity contribution >= 4 is 11.7 Å². The van der Waals surface area contributed by atoms with Crippen LogP contribution in [0.25, 0.3) is 0 Å². The Balaban J connectivity index is 1.92. The highest BCUT2D eigenvalue weighted by atomic mass is 16.6. The van der Waals surface area contributed by atoms with E-state index in [4.69, 9.17) is 4.74 Å². The van der Waals surface area contributed by atoms with Crippen molar-refractivity contribution in [2.24, 2.45) is 7.05 Å². The van der Waals surface area contributed by atoms with E-state index in [1.807, 2.05) is 51.8 Å². The Bertz CT molecular complexity index is 498. The Morgan fingerprint density at radius 1 is 1.32 bits per heavy atom. The summed E-state index contributed by atoms with van der Waals surface area (Å²) in [6, 6.07) is -0.143. The maximum Gasteiger partial charge on any atom is 0.323 e. The van der Waals surface area contributed by atoms with E-state index in [-0.39, 0.29) is 12.0 Å². The fourth-order valence-electron chi connectivity index (χ4n) is 2.81. The zero-order chi connectivity index (χ0) is 16.3. The van der Waals surface area contributed by atoms with Crippen LogP contribution in [0.4, 0.5) is 5.69 Å². The van der Waals surface area contributed by atoms with Crippen molar-refractivity contribution in [3.05, 3.63) is 12.4 Å². The third kappa shape index (κ3) is 4.22. The average molecular weight is 308 g/mol. The topological polar surface area (TPSA) is 50.6 Å². The Hall–Kier alpha value is -1.56. The summed E-state index contributed by atoms with van der Waals surface area (Å²) >= 11 is 0. The lowest BCUT2D eigenvalue weighted by molar-refractivity contribution is -0.161. The molecule has 22 heavy (non-hydrogen) atoms. The van der Waals surface area contributed by atoms with E-state index in [9.17, 15) is 4.79 Å². The number of piperazine rings is 1.